The van der Waals surface area contributed by atoms with E-state index >= 15 is 0 Å². The summed E-state index contributed by atoms with van der Waals surface area (Å²) in [6.07, 6.45) is -0.693. The molecule has 0 bridgehead atoms. The molecule has 2 atom stereocenters. The second-order valence-corrected chi connectivity index (χ2v) is 6.08. The number of nitrogens with two attached hydrogens (primary N) is 1. The number of aliphatic hydroxyl groups excluding tert-OH is 1. The minimum absolute atomic E-state index is 0.234. The first-order valence-electron chi connectivity index (χ1n) is 5.73. The highest BCUT2D eigenvalue weighted by atomic mass is 16.5. The van der Waals surface area contributed by atoms with Crippen LogP contribution < -0.4 is 5.73 Å². The Kier molecular flexibility index (Phi) is 5.90. The van der Waals surface area contributed by atoms with Crippen molar-refractivity contribution in [1.82, 2.24) is 0 Å². The van der Waals surface area contributed by atoms with Crippen molar-refractivity contribution in [2.24, 2.45) is 5.73 Å². The Morgan fingerprint density at radius 3 is 1.69 bits per heavy atom. The second kappa shape index (κ2) is 5.96. The van der Waals surface area contributed by atoms with Crippen LogP contribution in [-0.4, -0.2) is 41.7 Å². The Hall–Kier alpha value is -0.160. The monoisotopic (exact) mass is 233 g/mol. The van der Waals surface area contributed by atoms with Crippen molar-refractivity contribution in [3.63, 3.8) is 0 Å². The molecule has 3 N–H and O–H groups in total. The third kappa shape index (κ3) is 9.09. The minimum Gasteiger partial charge on any atom is -0.389 e. The van der Waals surface area contributed by atoms with Crippen LogP contribution in [0, 0.1) is 0 Å². The highest BCUT2D eigenvalue weighted by molar-refractivity contribution is 4.74. The molecule has 2 unspecified atom stereocenters. The molecule has 0 heterocycles. The number of aliphatic hydroxyl groups is 1. The van der Waals surface area contributed by atoms with Crippen LogP contribution in [0.1, 0.15) is 41.5 Å². The molecule has 0 spiro atoms. The first-order valence-corrected chi connectivity index (χ1v) is 5.73. The minimum atomic E-state index is -0.693. The Labute approximate surface area is 99.1 Å². The van der Waals surface area contributed by atoms with Gasteiger partial charge in [0, 0.05) is 0 Å². The lowest BCUT2D eigenvalue weighted by Gasteiger charge is -2.27. The van der Waals surface area contributed by atoms with E-state index in [1.165, 1.54) is 0 Å². The molecule has 0 aliphatic rings. The number of rotatable bonds is 5. The van der Waals surface area contributed by atoms with E-state index in [-0.39, 0.29) is 17.8 Å². The van der Waals surface area contributed by atoms with E-state index in [9.17, 15) is 5.11 Å². The van der Waals surface area contributed by atoms with Gasteiger partial charge >= 0.3 is 0 Å². The Balaban J connectivity index is 3.86. The summed E-state index contributed by atoms with van der Waals surface area (Å²) in [4.78, 5) is 0. The number of hydrogen-bond donors (Lipinski definition) is 2. The van der Waals surface area contributed by atoms with Crippen LogP contribution in [0.5, 0.6) is 0 Å². The Morgan fingerprint density at radius 1 is 0.938 bits per heavy atom. The van der Waals surface area contributed by atoms with Crippen LogP contribution in [0.4, 0.5) is 0 Å². The van der Waals surface area contributed by atoms with Gasteiger partial charge in [-0.3, -0.25) is 0 Å². The summed E-state index contributed by atoms with van der Waals surface area (Å²) < 4.78 is 11.0. The van der Waals surface area contributed by atoms with Gasteiger partial charge in [0.2, 0.25) is 0 Å². The zero-order valence-electron chi connectivity index (χ0n) is 11.4. The van der Waals surface area contributed by atoms with E-state index < -0.39 is 12.1 Å². The van der Waals surface area contributed by atoms with Crippen LogP contribution >= 0.6 is 0 Å². The molecular formula is C12H27NO3. The van der Waals surface area contributed by atoms with Crippen LogP contribution in [-0.2, 0) is 9.47 Å². The van der Waals surface area contributed by atoms with E-state index in [1.807, 2.05) is 41.5 Å². The molecule has 16 heavy (non-hydrogen) atoms. The third-order valence-corrected chi connectivity index (χ3v) is 1.89. The molecule has 98 valence electrons. The first-order chi connectivity index (χ1) is 7.01. The molecule has 0 aliphatic heterocycles. The maximum Gasteiger partial charge on any atom is 0.0946 e. The van der Waals surface area contributed by atoms with Crippen LogP contribution in [0.15, 0.2) is 0 Å². The smallest absolute Gasteiger partial charge is 0.0946 e. The molecule has 0 saturated carbocycles. The Morgan fingerprint density at radius 2 is 1.31 bits per heavy atom. The van der Waals surface area contributed by atoms with Gasteiger partial charge in [-0.1, -0.05) is 0 Å². The summed E-state index contributed by atoms with van der Waals surface area (Å²) >= 11 is 0. The maximum atomic E-state index is 9.75. The molecule has 0 saturated heterocycles. The first kappa shape index (κ1) is 15.8. The fraction of sp³-hybridized carbons (Fsp3) is 1.00. The van der Waals surface area contributed by atoms with E-state index in [4.69, 9.17) is 15.2 Å². The van der Waals surface area contributed by atoms with Gasteiger partial charge in [-0.15, -0.1) is 0 Å². The summed E-state index contributed by atoms with van der Waals surface area (Å²) in [7, 11) is 0. The zero-order chi connectivity index (χ0) is 13.0. The summed E-state index contributed by atoms with van der Waals surface area (Å²) in [5.74, 6) is 0. The lowest BCUT2D eigenvalue weighted by atomic mass is 10.1. The highest BCUT2D eigenvalue weighted by Gasteiger charge is 2.21. The van der Waals surface area contributed by atoms with E-state index in [0.29, 0.717) is 6.61 Å². The molecule has 0 aromatic rings. The van der Waals surface area contributed by atoms with Crippen LogP contribution in [0.3, 0.4) is 0 Å². The van der Waals surface area contributed by atoms with Gasteiger partial charge in [-0.05, 0) is 41.5 Å². The van der Waals surface area contributed by atoms with Gasteiger partial charge in [-0.2, -0.15) is 0 Å². The molecule has 0 aromatic heterocycles. The lowest BCUT2D eigenvalue weighted by Crippen LogP contribution is -2.44. The summed E-state index contributed by atoms with van der Waals surface area (Å²) in [5.41, 5.74) is 5.31. The van der Waals surface area contributed by atoms with Crippen LogP contribution in [0.25, 0.3) is 0 Å². The quantitative estimate of drug-likeness (QED) is 0.751. The molecule has 0 aliphatic carbocycles. The van der Waals surface area contributed by atoms with Gasteiger partial charge in [-0.25, -0.2) is 0 Å². The van der Waals surface area contributed by atoms with Gasteiger partial charge in [0.15, 0.2) is 0 Å². The fourth-order valence-electron chi connectivity index (χ4n) is 0.916. The molecule has 0 radical (unpaired) electrons. The number of ether oxygens (including phenoxy) is 2. The van der Waals surface area contributed by atoms with Crippen molar-refractivity contribution < 1.29 is 14.6 Å². The summed E-state index contributed by atoms with van der Waals surface area (Å²) in [5, 5.41) is 9.75. The van der Waals surface area contributed by atoms with Gasteiger partial charge in [0.05, 0.1) is 36.6 Å². The predicted octanol–water partition coefficient (Wildman–Crippen LogP) is 1.30. The van der Waals surface area contributed by atoms with Crippen molar-refractivity contribution in [2.45, 2.75) is 64.9 Å². The molecule has 0 amide bonds. The number of hydrogen-bond acceptors (Lipinski definition) is 4. The average molecular weight is 233 g/mol. The standard InChI is InChI=1S/C12H27NO3/c1-11(2,3)15-7-9(13)10(14)8-16-12(4,5)6/h9-10,14H,7-8,13H2,1-6H3. The molecule has 4 heteroatoms. The summed E-state index contributed by atoms with van der Waals surface area (Å²) in [6.45, 7) is 12.3. The largest absolute Gasteiger partial charge is 0.389 e. The van der Waals surface area contributed by atoms with E-state index in [2.05, 4.69) is 0 Å². The highest BCUT2D eigenvalue weighted by Crippen LogP contribution is 2.10. The van der Waals surface area contributed by atoms with Gasteiger partial charge in [0.1, 0.15) is 0 Å². The van der Waals surface area contributed by atoms with E-state index in [0.717, 1.165) is 0 Å². The van der Waals surface area contributed by atoms with Crippen molar-refractivity contribution >= 4 is 0 Å². The molecule has 0 fully saturated rings. The van der Waals surface area contributed by atoms with Gasteiger partial charge in [0.25, 0.3) is 0 Å². The predicted molar refractivity (Wildman–Crippen MR) is 65.4 cm³/mol. The van der Waals surface area contributed by atoms with Crippen molar-refractivity contribution in [1.29, 1.82) is 0 Å². The molecule has 0 rings (SSSR count). The third-order valence-electron chi connectivity index (χ3n) is 1.89. The molecule has 4 nitrogen and oxygen atoms in total. The van der Waals surface area contributed by atoms with E-state index in [1.54, 1.807) is 0 Å². The SMILES string of the molecule is CC(C)(C)OCC(N)C(O)COC(C)(C)C. The fourth-order valence-corrected chi connectivity index (χ4v) is 0.916. The molecular weight excluding hydrogens is 206 g/mol. The van der Waals surface area contributed by atoms with Crippen LogP contribution in [0.2, 0.25) is 0 Å². The topological polar surface area (TPSA) is 64.7 Å². The van der Waals surface area contributed by atoms with Crippen molar-refractivity contribution in [3.8, 4) is 0 Å². The second-order valence-electron chi connectivity index (χ2n) is 6.08. The molecule has 0 aromatic carbocycles. The maximum absolute atomic E-state index is 9.75. The lowest BCUT2D eigenvalue weighted by molar-refractivity contribution is -0.0751. The Bertz CT molecular complexity index is 171. The van der Waals surface area contributed by atoms with Crippen molar-refractivity contribution in [2.75, 3.05) is 13.2 Å². The average Bonchev–Trinajstić information content (AvgIpc) is 2.07. The summed E-state index contributed by atoms with van der Waals surface area (Å²) in [6, 6.07) is -0.415. The van der Waals surface area contributed by atoms with Gasteiger partial charge < -0.3 is 20.3 Å². The normalized spacial score (nSPS) is 17.2. The zero-order valence-corrected chi connectivity index (χ0v) is 11.4. The van der Waals surface area contributed by atoms with Crippen molar-refractivity contribution in [3.05, 3.63) is 0 Å².